The maximum atomic E-state index is 13.4. The normalized spacial score (nSPS) is 17.7. The van der Waals surface area contributed by atoms with Crippen LogP contribution in [0.3, 0.4) is 0 Å². The Morgan fingerprint density at radius 1 is 1.00 bits per heavy atom. The number of allylic oxidation sites excluding steroid dienone is 4. The molecule has 3 heteroatoms. The van der Waals surface area contributed by atoms with Gasteiger partial charge in [-0.05, 0) is 37.8 Å². The fourth-order valence-electron chi connectivity index (χ4n) is 4.71. The van der Waals surface area contributed by atoms with Gasteiger partial charge in [0, 0.05) is 29.0 Å². The molecule has 0 saturated carbocycles. The van der Waals surface area contributed by atoms with Crippen LogP contribution in [0, 0.1) is 0 Å². The van der Waals surface area contributed by atoms with Gasteiger partial charge in [0.05, 0.1) is 6.42 Å². The fourth-order valence-corrected chi connectivity index (χ4v) is 4.71. The highest BCUT2D eigenvalue weighted by Gasteiger charge is 2.46. The summed E-state index contributed by atoms with van der Waals surface area (Å²) >= 11 is 0. The van der Waals surface area contributed by atoms with Crippen molar-refractivity contribution >= 4 is 22.4 Å². The van der Waals surface area contributed by atoms with Crippen LogP contribution in [0.15, 0.2) is 102 Å². The average Bonchev–Trinajstić information content (AvgIpc) is 3.17. The predicted octanol–water partition coefficient (Wildman–Crippen LogP) is 6.40. The molecule has 1 aliphatic rings. The number of rotatable bonds is 6. The van der Waals surface area contributed by atoms with Crippen LogP contribution in [0.25, 0.3) is 10.8 Å². The Balaban J connectivity index is 1.91. The first-order valence-electron chi connectivity index (χ1n) is 11.2. The largest absolute Gasteiger partial charge is 0.270 e. The van der Waals surface area contributed by atoms with Gasteiger partial charge in [0.25, 0.3) is 5.91 Å². The molecule has 3 aromatic rings. The Bertz CT molecular complexity index is 1230. The first-order valence-corrected chi connectivity index (χ1v) is 11.2. The van der Waals surface area contributed by atoms with E-state index in [2.05, 4.69) is 75.3 Å². The lowest BCUT2D eigenvalue weighted by molar-refractivity contribution is -0.123. The summed E-state index contributed by atoms with van der Waals surface area (Å²) in [4.78, 5) is 13.4. The van der Waals surface area contributed by atoms with Crippen LogP contribution >= 0.6 is 0 Å². The lowest BCUT2D eigenvalue weighted by Crippen LogP contribution is -2.60. The SMILES string of the molecule is C=CC=C(C(C)=C(C)C)[N+]1(NC(=O)Cc2ccccc2)CCc2ccc3ccccc3c21. The van der Waals surface area contributed by atoms with Crippen molar-refractivity contribution in [2.24, 2.45) is 0 Å². The average molecular weight is 424 g/mol. The summed E-state index contributed by atoms with van der Waals surface area (Å²) in [6.07, 6.45) is 5.13. The molecular formula is C29H31N2O+. The molecule has 0 radical (unpaired) electrons. The lowest BCUT2D eigenvalue weighted by atomic mass is 10.0. The summed E-state index contributed by atoms with van der Waals surface area (Å²) in [5.41, 5.74) is 10.4. The summed E-state index contributed by atoms with van der Waals surface area (Å²) in [6.45, 7) is 11.1. The Morgan fingerprint density at radius 2 is 1.72 bits per heavy atom. The number of benzene rings is 3. The standard InChI is InChI=1S/C29H30N2O/c1-5-11-27(22(4)21(2)3)31(30-28(32)20-23-12-7-6-8-13-23)19-18-25-17-16-24-14-9-10-15-26(24)29(25)31/h5-17H,1,18-20H2,2-4H3/p+1. The van der Waals surface area contributed by atoms with Crippen LogP contribution in [-0.4, -0.2) is 12.5 Å². The number of quaternary nitrogens is 1. The third kappa shape index (κ3) is 3.92. The number of fused-ring (bicyclic) bond motifs is 3. The number of amides is 1. The molecule has 1 N–H and O–H groups in total. The van der Waals surface area contributed by atoms with Gasteiger partial charge < -0.3 is 0 Å². The topological polar surface area (TPSA) is 29.1 Å². The fraction of sp³-hybridized carbons (Fsp3) is 0.207. The highest BCUT2D eigenvalue weighted by molar-refractivity contribution is 5.97. The number of carbonyl (C=O) groups is 1. The first kappa shape index (κ1) is 21.8. The molecule has 1 aliphatic heterocycles. The number of carbonyl (C=O) groups excluding carboxylic acids is 1. The Labute approximate surface area is 190 Å². The van der Waals surface area contributed by atoms with Crippen molar-refractivity contribution in [2.75, 3.05) is 6.54 Å². The summed E-state index contributed by atoms with van der Waals surface area (Å²) in [7, 11) is 0. The number of hydrogen-bond donors (Lipinski definition) is 1. The van der Waals surface area contributed by atoms with Crippen molar-refractivity contribution < 1.29 is 4.79 Å². The second-order valence-corrected chi connectivity index (χ2v) is 8.69. The second kappa shape index (κ2) is 8.97. The van der Waals surface area contributed by atoms with Crippen molar-refractivity contribution in [3.05, 3.63) is 113 Å². The number of hydrogen-bond acceptors (Lipinski definition) is 1. The van der Waals surface area contributed by atoms with Crippen LogP contribution < -0.4 is 10.0 Å². The summed E-state index contributed by atoms with van der Waals surface area (Å²) in [5, 5.41) is 2.36. The maximum Gasteiger partial charge on any atom is 0.270 e. The van der Waals surface area contributed by atoms with E-state index in [9.17, 15) is 4.79 Å². The molecule has 0 aromatic heterocycles. The van der Waals surface area contributed by atoms with Gasteiger partial charge >= 0.3 is 0 Å². The van der Waals surface area contributed by atoms with E-state index in [0.717, 1.165) is 24.2 Å². The van der Waals surface area contributed by atoms with Crippen molar-refractivity contribution in [3.8, 4) is 0 Å². The van der Waals surface area contributed by atoms with Crippen molar-refractivity contribution in [2.45, 2.75) is 33.6 Å². The molecule has 4 rings (SSSR count). The Morgan fingerprint density at radius 3 is 2.44 bits per heavy atom. The van der Waals surface area contributed by atoms with E-state index in [1.54, 1.807) is 0 Å². The highest BCUT2D eigenvalue weighted by atomic mass is 16.2. The zero-order chi connectivity index (χ0) is 22.7. The quantitative estimate of drug-likeness (QED) is 0.360. The van der Waals surface area contributed by atoms with Crippen molar-refractivity contribution in [1.82, 2.24) is 10.0 Å². The van der Waals surface area contributed by atoms with E-state index in [0.29, 0.717) is 11.0 Å². The third-order valence-electron chi connectivity index (χ3n) is 6.43. The summed E-state index contributed by atoms with van der Waals surface area (Å²) < 4.78 is 0.311. The lowest BCUT2D eigenvalue weighted by Gasteiger charge is -2.36. The number of nitrogens with zero attached hydrogens (tertiary/aromatic N) is 1. The minimum atomic E-state index is 0.00787. The molecule has 0 aliphatic carbocycles. The van der Waals surface area contributed by atoms with E-state index in [1.807, 2.05) is 36.4 Å². The van der Waals surface area contributed by atoms with Gasteiger partial charge in [-0.3, -0.25) is 4.79 Å². The van der Waals surface area contributed by atoms with E-state index >= 15 is 0 Å². The van der Waals surface area contributed by atoms with Crippen LogP contribution in [0.4, 0.5) is 5.69 Å². The summed E-state index contributed by atoms with van der Waals surface area (Å²) in [5.74, 6) is 0.00787. The monoisotopic (exact) mass is 423 g/mol. The maximum absolute atomic E-state index is 13.4. The molecule has 0 spiro atoms. The van der Waals surface area contributed by atoms with E-state index in [4.69, 9.17) is 0 Å². The molecule has 0 fully saturated rings. The van der Waals surface area contributed by atoms with Gasteiger partial charge in [0.15, 0.2) is 11.4 Å². The third-order valence-corrected chi connectivity index (χ3v) is 6.43. The summed E-state index contributed by atoms with van der Waals surface area (Å²) in [6, 6.07) is 22.8. The molecule has 1 unspecified atom stereocenters. The minimum absolute atomic E-state index is 0.00787. The second-order valence-electron chi connectivity index (χ2n) is 8.69. The predicted molar refractivity (Wildman–Crippen MR) is 135 cm³/mol. The zero-order valence-electron chi connectivity index (χ0n) is 19.2. The van der Waals surface area contributed by atoms with E-state index in [1.165, 1.54) is 33.2 Å². The van der Waals surface area contributed by atoms with Gasteiger partial charge in [-0.25, -0.2) is 0 Å². The zero-order valence-corrected chi connectivity index (χ0v) is 19.2. The smallest absolute Gasteiger partial charge is 0.270 e. The highest BCUT2D eigenvalue weighted by Crippen LogP contribution is 2.44. The van der Waals surface area contributed by atoms with Crippen LogP contribution in [-0.2, 0) is 17.6 Å². The molecular weight excluding hydrogens is 392 g/mol. The van der Waals surface area contributed by atoms with Crippen molar-refractivity contribution in [3.63, 3.8) is 0 Å². The van der Waals surface area contributed by atoms with Crippen LogP contribution in [0.1, 0.15) is 31.9 Å². The molecule has 3 nitrogen and oxygen atoms in total. The van der Waals surface area contributed by atoms with E-state index < -0.39 is 0 Å². The van der Waals surface area contributed by atoms with Crippen LogP contribution in [0.2, 0.25) is 0 Å². The van der Waals surface area contributed by atoms with Gasteiger partial charge in [0.2, 0.25) is 0 Å². The Hall–Kier alpha value is -3.43. The van der Waals surface area contributed by atoms with Crippen molar-refractivity contribution in [1.29, 1.82) is 0 Å². The van der Waals surface area contributed by atoms with Gasteiger partial charge in [-0.2, -0.15) is 10.0 Å². The molecule has 1 amide bonds. The molecule has 162 valence electrons. The van der Waals surface area contributed by atoms with Crippen LogP contribution in [0.5, 0.6) is 0 Å². The molecule has 0 saturated heterocycles. The molecule has 1 atom stereocenters. The molecule has 1 heterocycles. The van der Waals surface area contributed by atoms with Gasteiger partial charge in [-0.1, -0.05) is 78.9 Å². The first-order chi connectivity index (χ1) is 15.5. The molecule has 3 aromatic carbocycles. The molecule has 32 heavy (non-hydrogen) atoms. The minimum Gasteiger partial charge on any atom is -0.270 e. The number of nitrogens with one attached hydrogen (secondary N) is 1. The Kier molecular flexibility index (Phi) is 6.11. The van der Waals surface area contributed by atoms with E-state index in [-0.39, 0.29) is 5.91 Å². The van der Waals surface area contributed by atoms with Gasteiger partial charge in [0.1, 0.15) is 6.54 Å². The van der Waals surface area contributed by atoms with Gasteiger partial charge in [-0.15, -0.1) is 0 Å². The molecule has 0 bridgehead atoms.